The van der Waals surface area contributed by atoms with E-state index in [4.69, 9.17) is 4.74 Å². The molecule has 1 amide bonds. The van der Waals surface area contributed by atoms with Crippen molar-refractivity contribution in [2.75, 3.05) is 13.7 Å². The van der Waals surface area contributed by atoms with E-state index in [2.05, 4.69) is 20.5 Å². The number of carbonyl (C=O) groups excluding carboxylic acids is 1. The number of nitrogens with one attached hydrogen (secondary N) is 2. The van der Waals surface area contributed by atoms with Gasteiger partial charge in [0.15, 0.2) is 5.16 Å². The number of amides is 1. The van der Waals surface area contributed by atoms with Gasteiger partial charge in [0.2, 0.25) is 0 Å². The Morgan fingerprint density at radius 2 is 2.19 bits per heavy atom. The molecule has 0 unspecified atom stereocenters. The van der Waals surface area contributed by atoms with E-state index in [1.54, 1.807) is 18.9 Å². The maximum absolute atomic E-state index is 12.0. The summed E-state index contributed by atoms with van der Waals surface area (Å²) in [6.07, 6.45) is 1.48. The van der Waals surface area contributed by atoms with E-state index in [9.17, 15) is 4.79 Å². The zero-order valence-corrected chi connectivity index (χ0v) is 12.8. The Labute approximate surface area is 127 Å². The van der Waals surface area contributed by atoms with Gasteiger partial charge < -0.3 is 10.1 Å². The minimum Gasteiger partial charge on any atom is -0.383 e. The van der Waals surface area contributed by atoms with E-state index in [1.807, 2.05) is 31.2 Å². The second-order valence-electron chi connectivity index (χ2n) is 4.61. The maximum Gasteiger partial charge on any atom is 0.251 e. The third kappa shape index (κ3) is 4.87. The first-order valence-electron chi connectivity index (χ1n) is 6.56. The fourth-order valence-electron chi connectivity index (χ4n) is 1.77. The van der Waals surface area contributed by atoms with Crippen molar-refractivity contribution in [3.63, 3.8) is 0 Å². The fraction of sp³-hybridized carbons (Fsp3) is 0.357. The smallest absolute Gasteiger partial charge is 0.251 e. The van der Waals surface area contributed by atoms with Crippen molar-refractivity contribution >= 4 is 17.7 Å². The van der Waals surface area contributed by atoms with Gasteiger partial charge in [0.1, 0.15) is 6.33 Å². The molecular formula is C14H18N4O2S. The summed E-state index contributed by atoms with van der Waals surface area (Å²) in [7, 11) is 1.61. The molecule has 2 N–H and O–H groups in total. The summed E-state index contributed by atoms with van der Waals surface area (Å²) >= 11 is 1.57. The first-order chi connectivity index (χ1) is 10.2. The zero-order valence-electron chi connectivity index (χ0n) is 12.0. The van der Waals surface area contributed by atoms with Crippen molar-refractivity contribution in [2.45, 2.75) is 23.9 Å². The van der Waals surface area contributed by atoms with Crippen molar-refractivity contribution < 1.29 is 9.53 Å². The molecule has 1 aromatic heterocycles. The number of rotatable bonds is 7. The number of aromatic amines is 1. The number of methoxy groups -OCH3 is 1. The molecule has 0 aliphatic carbocycles. The molecule has 0 saturated carbocycles. The second kappa shape index (κ2) is 7.80. The highest BCUT2D eigenvalue weighted by molar-refractivity contribution is 7.98. The molecule has 0 bridgehead atoms. The first-order valence-corrected chi connectivity index (χ1v) is 7.54. The molecule has 0 aliphatic rings. The van der Waals surface area contributed by atoms with Gasteiger partial charge in [-0.2, -0.15) is 5.10 Å². The number of H-pyrrole nitrogens is 1. The largest absolute Gasteiger partial charge is 0.383 e. The number of thioether (sulfide) groups is 1. The Balaban J connectivity index is 1.87. The van der Waals surface area contributed by atoms with Crippen LogP contribution in [0.3, 0.4) is 0 Å². The summed E-state index contributed by atoms with van der Waals surface area (Å²) in [4.78, 5) is 16.0. The molecule has 0 saturated heterocycles. The normalized spacial score (nSPS) is 12.1. The van der Waals surface area contributed by atoms with Crippen LogP contribution in [-0.4, -0.2) is 40.8 Å². The predicted octanol–water partition coefficient (Wildman–Crippen LogP) is 1.86. The van der Waals surface area contributed by atoms with Crippen molar-refractivity contribution in [3.8, 4) is 0 Å². The van der Waals surface area contributed by atoms with Gasteiger partial charge >= 0.3 is 0 Å². The summed E-state index contributed by atoms with van der Waals surface area (Å²) in [6, 6.07) is 7.53. The highest BCUT2D eigenvalue weighted by Gasteiger charge is 2.09. The standard InChI is InChI=1S/C14H18N4O2S/c1-10(7-20-2)17-13(19)12-5-3-11(4-6-12)8-21-14-15-9-16-18-14/h3-6,9-10H,7-8H2,1-2H3,(H,17,19)(H,15,16,18)/t10-/m1/s1. The molecule has 2 aromatic rings. The average Bonchev–Trinajstić information content (AvgIpc) is 2.99. The molecule has 0 radical (unpaired) electrons. The molecule has 2 rings (SSSR count). The Kier molecular flexibility index (Phi) is 5.77. The number of benzene rings is 1. The third-order valence-corrected chi connectivity index (χ3v) is 3.73. The monoisotopic (exact) mass is 306 g/mol. The number of ether oxygens (including phenoxy) is 1. The zero-order chi connectivity index (χ0) is 15.1. The summed E-state index contributed by atoms with van der Waals surface area (Å²) < 4.78 is 5.00. The molecule has 0 aliphatic heterocycles. The van der Waals surface area contributed by atoms with Gasteiger partial charge in [-0.1, -0.05) is 23.9 Å². The maximum atomic E-state index is 12.0. The van der Waals surface area contributed by atoms with Crippen LogP contribution >= 0.6 is 11.8 Å². The van der Waals surface area contributed by atoms with Gasteiger partial charge in [-0.15, -0.1) is 0 Å². The van der Waals surface area contributed by atoms with E-state index in [0.717, 1.165) is 16.5 Å². The summed E-state index contributed by atoms with van der Waals surface area (Å²) in [5.74, 6) is 0.686. The SMILES string of the molecule is COC[C@@H](C)NC(=O)c1ccc(CSc2ncn[nH]2)cc1. The summed E-state index contributed by atoms with van der Waals surface area (Å²) in [6.45, 7) is 2.40. The van der Waals surface area contributed by atoms with E-state index in [-0.39, 0.29) is 11.9 Å². The van der Waals surface area contributed by atoms with E-state index in [0.29, 0.717) is 12.2 Å². The Morgan fingerprint density at radius 3 is 2.81 bits per heavy atom. The highest BCUT2D eigenvalue weighted by Crippen LogP contribution is 2.18. The number of aromatic nitrogens is 3. The van der Waals surface area contributed by atoms with Crippen molar-refractivity contribution in [1.82, 2.24) is 20.5 Å². The summed E-state index contributed by atoms with van der Waals surface area (Å²) in [5, 5.41) is 10.3. The molecule has 0 spiro atoms. The second-order valence-corrected chi connectivity index (χ2v) is 5.57. The summed E-state index contributed by atoms with van der Waals surface area (Å²) in [5.41, 5.74) is 1.77. The van der Waals surface area contributed by atoms with Gasteiger partial charge in [0.25, 0.3) is 5.91 Å². The minimum atomic E-state index is -0.0889. The van der Waals surface area contributed by atoms with E-state index >= 15 is 0 Å². The quantitative estimate of drug-likeness (QED) is 0.763. The average molecular weight is 306 g/mol. The number of hydrogen-bond acceptors (Lipinski definition) is 5. The first kappa shape index (κ1) is 15.5. The lowest BCUT2D eigenvalue weighted by Gasteiger charge is -2.12. The fourth-order valence-corrected chi connectivity index (χ4v) is 2.50. The molecular weight excluding hydrogens is 288 g/mol. The van der Waals surface area contributed by atoms with Gasteiger partial charge in [-0.05, 0) is 24.6 Å². The number of nitrogens with zero attached hydrogens (tertiary/aromatic N) is 2. The van der Waals surface area contributed by atoms with Crippen LogP contribution in [0.25, 0.3) is 0 Å². The molecule has 0 fully saturated rings. The topological polar surface area (TPSA) is 79.9 Å². The van der Waals surface area contributed by atoms with E-state index in [1.165, 1.54) is 6.33 Å². The van der Waals surface area contributed by atoms with Crippen molar-refractivity contribution in [2.24, 2.45) is 0 Å². The lowest BCUT2D eigenvalue weighted by molar-refractivity contribution is 0.0905. The molecule has 6 nitrogen and oxygen atoms in total. The van der Waals surface area contributed by atoms with Crippen LogP contribution in [0.5, 0.6) is 0 Å². The molecule has 7 heteroatoms. The lowest BCUT2D eigenvalue weighted by atomic mass is 10.1. The Hall–Kier alpha value is -1.86. The lowest BCUT2D eigenvalue weighted by Crippen LogP contribution is -2.35. The molecule has 1 atom stereocenters. The van der Waals surface area contributed by atoms with Crippen LogP contribution in [0.15, 0.2) is 35.7 Å². The van der Waals surface area contributed by atoms with Crippen LogP contribution in [0.4, 0.5) is 0 Å². The van der Waals surface area contributed by atoms with Gasteiger partial charge in [-0.3, -0.25) is 9.89 Å². The van der Waals surface area contributed by atoms with Crippen LogP contribution in [0.1, 0.15) is 22.8 Å². The van der Waals surface area contributed by atoms with E-state index < -0.39 is 0 Å². The van der Waals surface area contributed by atoms with Crippen LogP contribution < -0.4 is 5.32 Å². The Morgan fingerprint density at radius 1 is 1.43 bits per heavy atom. The highest BCUT2D eigenvalue weighted by atomic mass is 32.2. The van der Waals surface area contributed by atoms with Gasteiger partial charge in [0.05, 0.1) is 6.61 Å². The van der Waals surface area contributed by atoms with Crippen LogP contribution in [0, 0.1) is 0 Å². The molecule has 1 aromatic carbocycles. The van der Waals surface area contributed by atoms with Crippen LogP contribution in [0.2, 0.25) is 0 Å². The van der Waals surface area contributed by atoms with Crippen molar-refractivity contribution in [3.05, 3.63) is 41.7 Å². The van der Waals surface area contributed by atoms with Gasteiger partial charge in [0, 0.05) is 24.5 Å². The van der Waals surface area contributed by atoms with Gasteiger partial charge in [-0.25, -0.2) is 4.98 Å². The third-order valence-electron chi connectivity index (χ3n) is 2.78. The van der Waals surface area contributed by atoms with Crippen LogP contribution in [-0.2, 0) is 10.5 Å². The Bertz CT molecular complexity index is 557. The minimum absolute atomic E-state index is 0.0100. The number of carbonyl (C=O) groups is 1. The number of hydrogen-bond donors (Lipinski definition) is 2. The predicted molar refractivity (Wildman–Crippen MR) is 81.2 cm³/mol. The van der Waals surface area contributed by atoms with Crippen molar-refractivity contribution in [1.29, 1.82) is 0 Å². The molecule has 21 heavy (non-hydrogen) atoms. The molecule has 1 heterocycles. The molecule has 112 valence electrons.